The van der Waals surface area contributed by atoms with Gasteiger partial charge in [-0.2, -0.15) is 4.98 Å². The first-order valence-corrected chi connectivity index (χ1v) is 9.02. The Labute approximate surface area is 149 Å². The van der Waals surface area contributed by atoms with Gasteiger partial charge in [0.15, 0.2) is 0 Å². The van der Waals surface area contributed by atoms with Crippen molar-refractivity contribution in [1.82, 2.24) is 10.1 Å². The van der Waals surface area contributed by atoms with Gasteiger partial charge < -0.3 is 9.26 Å². The van der Waals surface area contributed by atoms with Crippen LogP contribution in [0.5, 0.6) is 5.75 Å². The molecular weight excluding hydrogens is 366 g/mol. The molecule has 3 aromatic rings. The highest BCUT2D eigenvalue weighted by molar-refractivity contribution is 7.92. The van der Waals surface area contributed by atoms with Gasteiger partial charge in [-0.1, -0.05) is 28.9 Å². The molecule has 0 amide bonds. The van der Waals surface area contributed by atoms with E-state index in [4.69, 9.17) is 20.9 Å². The van der Waals surface area contributed by atoms with Crippen LogP contribution < -0.4 is 9.46 Å². The summed E-state index contributed by atoms with van der Waals surface area (Å²) in [6.45, 7) is 1.66. The van der Waals surface area contributed by atoms with Gasteiger partial charge in [-0.3, -0.25) is 4.72 Å². The van der Waals surface area contributed by atoms with Crippen molar-refractivity contribution in [2.45, 2.75) is 11.8 Å². The maximum absolute atomic E-state index is 12.6. The maximum atomic E-state index is 12.6. The van der Waals surface area contributed by atoms with Gasteiger partial charge in [0.1, 0.15) is 5.75 Å². The second kappa shape index (κ2) is 6.73. The molecule has 0 aliphatic rings. The highest BCUT2D eigenvalue weighted by Crippen LogP contribution is 2.29. The number of hydrogen-bond acceptors (Lipinski definition) is 6. The highest BCUT2D eigenvalue weighted by atomic mass is 35.5. The summed E-state index contributed by atoms with van der Waals surface area (Å²) in [5, 5.41) is 4.10. The number of halogens is 1. The summed E-state index contributed by atoms with van der Waals surface area (Å²) in [4.78, 5) is 4.16. The summed E-state index contributed by atoms with van der Waals surface area (Å²) in [6.07, 6.45) is 0. The van der Waals surface area contributed by atoms with Crippen LogP contribution in [0.2, 0.25) is 5.02 Å². The number of nitrogens with zero attached hydrogens (tertiary/aromatic N) is 2. The quantitative estimate of drug-likeness (QED) is 0.729. The smallest absolute Gasteiger partial charge is 0.261 e. The topological polar surface area (TPSA) is 94.3 Å². The van der Waals surface area contributed by atoms with Crippen LogP contribution in [0, 0.1) is 6.92 Å². The zero-order chi connectivity index (χ0) is 18.0. The Morgan fingerprint density at radius 2 is 2.00 bits per heavy atom. The minimum absolute atomic E-state index is 0.0689. The van der Waals surface area contributed by atoms with Crippen LogP contribution in [0.3, 0.4) is 0 Å². The first-order valence-electron chi connectivity index (χ1n) is 7.16. The van der Waals surface area contributed by atoms with E-state index in [1.165, 1.54) is 25.3 Å². The van der Waals surface area contributed by atoms with Crippen molar-refractivity contribution in [1.29, 1.82) is 0 Å². The summed E-state index contributed by atoms with van der Waals surface area (Å²) < 4.78 is 37.7. The number of hydrogen-bond donors (Lipinski definition) is 1. The number of sulfonamides is 1. The normalized spacial score (nSPS) is 11.3. The molecule has 1 heterocycles. The Kier molecular flexibility index (Phi) is 4.65. The molecule has 0 unspecified atom stereocenters. The van der Waals surface area contributed by atoms with Crippen molar-refractivity contribution < 1.29 is 17.7 Å². The van der Waals surface area contributed by atoms with Crippen LogP contribution in [0.15, 0.2) is 51.9 Å². The number of methoxy groups -OCH3 is 1. The molecular formula is C16H14ClN3O4S. The van der Waals surface area contributed by atoms with Gasteiger partial charge in [-0.15, -0.1) is 0 Å². The molecule has 1 N–H and O–H groups in total. The van der Waals surface area contributed by atoms with Gasteiger partial charge in [-0.05, 0) is 30.3 Å². The average Bonchev–Trinajstić information content (AvgIpc) is 3.01. The van der Waals surface area contributed by atoms with E-state index >= 15 is 0 Å². The third-order valence-corrected chi connectivity index (χ3v) is 5.01. The van der Waals surface area contributed by atoms with Crippen LogP contribution in [-0.4, -0.2) is 25.7 Å². The van der Waals surface area contributed by atoms with Crippen LogP contribution in [0.4, 0.5) is 5.69 Å². The third kappa shape index (κ3) is 3.75. The molecule has 0 spiro atoms. The van der Waals surface area contributed by atoms with Gasteiger partial charge in [0.2, 0.25) is 11.7 Å². The Morgan fingerprint density at radius 3 is 2.64 bits per heavy atom. The zero-order valence-electron chi connectivity index (χ0n) is 13.4. The van der Waals surface area contributed by atoms with Crippen LogP contribution >= 0.6 is 11.6 Å². The van der Waals surface area contributed by atoms with Crippen molar-refractivity contribution in [2.24, 2.45) is 0 Å². The van der Waals surface area contributed by atoms with Gasteiger partial charge in [0.25, 0.3) is 10.0 Å². The Hall–Kier alpha value is -2.58. The lowest BCUT2D eigenvalue weighted by Gasteiger charge is -2.10. The molecule has 130 valence electrons. The molecule has 0 atom stereocenters. The number of ether oxygens (including phenoxy) is 1. The molecule has 0 aliphatic heterocycles. The minimum Gasteiger partial charge on any atom is -0.495 e. The van der Waals surface area contributed by atoms with E-state index in [-0.39, 0.29) is 4.90 Å². The van der Waals surface area contributed by atoms with Crippen molar-refractivity contribution in [3.05, 3.63) is 53.4 Å². The van der Waals surface area contributed by atoms with E-state index < -0.39 is 10.0 Å². The monoisotopic (exact) mass is 379 g/mol. The Bertz CT molecular complexity index is 1020. The van der Waals surface area contributed by atoms with Gasteiger partial charge >= 0.3 is 0 Å². The number of rotatable bonds is 5. The molecule has 25 heavy (non-hydrogen) atoms. The van der Waals surface area contributed by atoms with Crippen molar-refractivity contribution in [2.75, 3.05) is 11.8 Å². The average molecular weight is 380 g/mol. The number of aromatic nitrogens is 2. The fourth-order valence-electron chi connectivity index (χ4n) is 2.16. The molecule has 0 saturated carbocycles. The lowest BCUT2D eigenvalue weighted by Crippen LogP contribution is -2.13. The molecule has 1 aromatic heterocycles. The zero-order valence-corrected chi connectivity index (χ0v) is 14.9. The van der Waals surface area contributed by atoms with E-state index in [2.05, 4.69) is 14.9 Å². The second-order valence-electron chi connectivity index (χ2n) is 5.12. The fourth-order valence-corrected chi connectivity index (χ4v) is 3.52. The predicted octanol–water partition coefficient (Wildman–Crippen LogP) is 3.51. The van der Waals surface area contributed by atoms with Crippen molar-refractivity contribution in [3.63, 3.8) is 0 Å². The van der Waals surface area contributed by atoms with Gasteiger partial charge in [0, 0.05) is 12.5 Å². The molecule has 0 fully saturated rings. The lowest BCUT2D eigenvalue weighted by atomic mass is 10.2. The Balaban J connectivity index is 1.91. The summed E-state index contributed by atoms with van der Waals surface area (Å²) in [6, 6.07) is 10.9. The Morgan fingerprint density at radius 1 is 1.20 bits per heavy atom. The summed E-state index contributed by atoms with van der Waals surface area (Å²) in [5.41, 5.74) is 0.860. The van der Waals surface area contributed by atoms with E-state index in [0.29, 0.717) is 33.7 Å². The second-order valence-corrected chi connectivity index (χ2v) is 7.21. The molecule has 0 bridgehead atoms. The van der Waals surface area contributed by atoms with Crippen molar-refractivity contribution >= 4 is 27.3 Å². The molecule has 9 heteroatoms. The van der Waals surface area contributed by atoms with Gasteiger partial charge in [-0.25, -0.2) is 8.42 Å². The minimum atomic E-state index is -3.81. The predicted molar refractivity (Wildman–Crippen MR) is 93.3 cm³/mol. The van der Waals surface area contributed by atoms with E-state index in [0.717, 1.165) is 0 Å². The largest absolute Gasteiger partial charge is 0.495 e. The van der Waals surface area contributed by atoms with E-state index in [1.807, 2.05) is 0 Å². The summed E-state index contributed by atoms with van der Waals surface area (Å²) in [5.74, 6) is 1.18. The lowest BCUT2D eigenvalue weighted by molar-refractivity contribution is 0.394. The molecule has 3 rings (SSSR count). The first kappa shape index (κ1) is 17.2. The number of aryl methyl sites for hydroxylation is 1. The highest BCUT2D eigenvalue weighted by Gasteiger charge is 2.17. The maximum Gasteiger partial charge on any atom is 0.261 e. The summed E-state index contributed by atoms with van der Waals surface area (Å²) >= 11 is 6.03. The molecule has 0 saturated heterocycles. The number of anilines is 1. The fraction of sp³-hybridized carbons (Fsp3) is 0.125. The number of benzene rings is 2. The molecule has 7 nitrogen and oxygen atoms in total. The SMILES string of the molecule is COc1ccc(NS(=O)(=O)c2cccc(-c3noc(C)n3)c2)cc1Cl. The van der Waals surface area contributed by atoms with Crippen LogP contribution in [0.25, 0.3) is 11.4 Å². The summed E-state index contributed by atoms with van der Waals surface area (Å²) in [7, 11) is -2.33. The molecule has 0 radical (unpaired) electrons. The van der Waals surface area contributed by atoms with Crippen LogP contribution in [0.1, 0.15) is 5.89 Å². The third-order valence-electron chi connectivity index (χ3n) is 3.33. The van der Waals surface area contributed by atoms with E-state index in [1.54, 1.807) is 31.2 Å². The first-order chi connectivity index (χ1) is 11.9. The molecule has 0 aliphatic carbocycles. The number of nitrogens with one attached hydrogen (secondary N) is 1. The molecule has 2 aromatic carbocycles. The standard InChI is InChI=1S/C16H14ClN3O4S/c1-10-18-16(19-24-10)11-4-3-5-13(8-11)25(21,22)20-12-6-7-15(23-2)14(17)9-12/h3-9,20H,1-2H3. The van der Waals surface area contributed by atoms with E-state index in [9.17, 15) is 8.42 Å². The van der Waals surface area contributed by atoms with Crippen LogP contribution in [-0.2, 0) is 10.0 Å². The van der Waals surface area contributed by atoms with Crippen molar-refractivity contribution in [3.8, 4) is 17.1 Å². The van der Waals surface area contributed by atoms with Gasteiger partial charge in [0.05, 0.1) is 22.7 Å².